The number of hydrogen-bond donors (Lipinski definition) is 4. The number of pyridine rings is 1. The molecule has 0 spiro atoms. The molecule has 2 rings (SSSR count). The molecule has 4 N–H and O–H groups in total. The number of carbonyl (C=O) groups is 1. The van der Waals surface area contributed by atoms with E-state index >= 15 is 0 Å². The summed E-state index contributed by atoms with van der Waals surface area (Å²) in [4.78, 5) is 11.1. The summed E-state index contributed by atoms with van der Waals surface area (Å²) < 4.78 is 1.46. The summed E-state index contributed by atoms with van der Waals surface area (Å²) in [5.41, 5.74) is 2.09. The Kier molecular flexibility index (Phi) is 3.69. The number of nitrogens with zero attached hydrogens (tertiary/aromatic N) is 2. The maximum atomic E-state index is 11.1. The van der Waals surface area contributed by atoms with Crippen LogP contribution in [-0.4, -0.2) is 33.9 Å². The predicted octanol–water partition coefficient (Wildman–Crippen LogP) is 1.21. The first kappa shape index (κ1) is 13.6. The Labute approximate surface area is 115 Å². The number of hydrogen-bond acceptors (Lipinski definition) is 5. The number of nitrogens with one attached hydrogen (secondary N) is 3. The van der Waals surface area contributed by atoms with Crippen LogP contribution in [0.5, 0.6) is 5.75 Å². The average molecular weight is 273 g/mol. The molecule has 0 fully saturated rings. The van der Waals surface area contributed by atoms with Crippen LogP contribution >= 0.6 is 0 Å². The van der Waals surface area contributed by atoms with Gasteiger partial charge in [0.15, 0.2) is 0 Å². The van der Waals surface area contributed by atoms with Crippen LogP contribution in [0.2, 0.25) is 0 Å². The van der Waals surface area contributed by atoms with Crippen LogP contribution in [0.4, 0.5) is 5.69 Å². The Balaban J connectivity index is 2.57. The van der Waals surface area contributed by atoms with Crippen LogP contribution in [0.15, 0.2) is 24.7 Å². The van der Waals surface area contributed by atoms with Gasteiger partial charge in [-0.2, -0.15) is 5.10 Å². The lowest BCUT2D eigenvalue weighted by molar-refractivity contribution is -0.114. The molecule has 0 aliphatic carbocycles. The van der Waals surface area contributed by atoms with Gasteiger partial charge < -0.3 is 21.1 Å². The van der Waals surface area contributed by atoms with Crippen LogP contribution in [-0.2, 0) is 4.79 Å². The van der Waals surface area contributed by atoms with Crippen molar-refractivity contribution in [1.82, 2.24) is 14.9 Å². The molecule has 0 aliphatic heterocycles. The van der Waals surface area contributed by atoms with E-state index in [1.165, 1.54) is 29.9 Å². The van der Waals surface area contributed by atoms with Gasteiger partial charge >= 0.3 is 0 Å². The summed E-state index contributed by atoms with van der Waals surface area (Å²) in [5, 5.41) is 27.0. The lowest BCUT2D eigenvalue weighted by Gasteiger charge is -2.06. The first-order valence-corrected chi connectivity index (χ1v) is 5.93. The minimum absolute atomic E-state index is 0.0207. The van der Waals surface area contributed by atoms with Gasteiger partial charge in [0.25, 0.3) is 0 Å². The molecular formula is C13H15N5O2. The monoisotopic (exact) mass is 273 g/mol. The zero-order valence-electron chi connectivity index (χ0n) is 11.1. The Bertz CT molecular complexity index is 702. The van der Waals surface area contributed by atoms with Gasteiger partial charge in [0, 0.05) is 43.7 Å². The molecule has 0 bridgehead atoms. The lowest BCUT2D eigenvalue weighted by atomic mass is 10.1. The largest absolute Gasteiger partial charge is 0.506 e. The van der Waals surface area contributed by atoms with Crippen molar-refractivity contribution in [2.75, 3.05) is 12.4 Å². The van der Waals surface area contributed by atoms with Gasteiger partial charge in [0.2, 0.25) is 5.91 Å². The van der Waals surface area contributed by atoms with Gasteiger partial charge in [0.05, 0.1) is 11.9 Å². The van der Waals surface area contributed by atoms with Crippen molar-refractivity contribution in [3.05, 3.63) is 30.2 Å². The van der Waals surface area contributed by atoms with E-state index in [0.29, 0.717) is 22.3 Å². The molecule has 7 nitrogen and oxygen atoms in total. The minimum atomic E-state index is -0.237. The molecule has 0 atom stereocenters. The van der Waals surface area contributed by atoms with Crippen LogP contribution in [0.25, 0.3) is 11.1 Å². The molecule has 1 amide bonds. The SMILES string of the molecule is CN/C=C(\C=N)c1cc(O)c2c(NC(C)=O)cnn2c1. The standard InChI is InChI=1S/C13H15N5O2/c1-8(19)17-11-6-16-18-7-9(3-12(20)13(11)18)10(4-14)5-15-2/h3-7,14-15,20H,1-2H3,(H,17,19)/b10-5+,14-4?. The Morgan fingerprint density at radius 1 is 1.55 bits per heavy atom. The second kappa shape index (κ2) is 5.43. The molecule has 0 unspecified atom stereocenters. The van der Waals surface area contributed by atoms with Crippen molar-refractivity contribution in [1.29, 1.82) is 5.41 Å². The molecule has 2 aromatic rings. The van der Waals surface area contributed by atoms with Crippen LogP contribution < -0.4 is 10.6 Å². The fourth-order valence-corrected chi connectivity index (χ4v) is 1.90. The molecule has 104 valence electrons. The molecule has 0 radical (unpaired) electrons. The number of carbonyl (C=O) groups excluding carboxylic acids is 1. The van der Waals surface area contributed by atoms with Crippen molar-refractivity contribution in [2.24, 2.45) is 0 Å². The van der Waals surface area contributed by atoms with E-state index in [1.54, 1.807) is 19.4 Å². The summed E-state index contributed by atoms with van der Waals surface area (Å²) in [5.74, 6) is -0.258. The topological polar surface area (TPSA) is 103 Å². The number of aromatic nitrogens is 2. The van der Waals surface area contributed by atoms with Gasteiger partial charge in [-0.1, -0.05) is 0 Å². The third-order valence-electron chi connectivity index (χ3n) is 2.69. The molecular weight excluding hydrogens is 258 g/mol. The number of allylic oxidation sites excluding steroid dienone is 1. The Morgan fingerprint density at radius 3 is 2.90 bits per heavy atom. The first-order valence-electron chi connectivity index (χ1n) is 5.93. The van der Waals surface area contributed by atoms with Gasteiger partial charge in [-0.3, -0.25) is 4.79 Å². The number of rotatable bonds is 4. The number of amides is 1. The highest BCUT2D eigenvalue weighted by Crippen LogP contribution is 2.29. The Morgan fingerprint density at radius 2 is 2.30 bits per heavy atom. The van der Waals surface area contributed by atoms with E-state index < -0.39 is 0 Å². The number of aromatic hydroxyl groups is 1. The van der Waals surface area contributed by atoms with E-state index in [9.17, 15) is 9.90 Å². The van der Waals surface area contributed by atoms with Gasteiger partial charge in [-0.25, -0.2) is 4.52 Å². The van der Waals surface area contributed by atoms with Gasteiger partial charge in [-0.15, -0.1) is 0 Å². The summed E-state index contributed by atoms with van der Waals surface area (Å²) in [6.45, 7) is 1.39. The van der Waals surface area contributed by atoms with Crippen molar-refractivity contribution >= 4 is 28.9 Å². The van der Waals surface area contributed by atoms with E-state index in [2.05, 4.69) is 15.7 Å². The van der Waals surface area contributed by atoms with Crippen molar-refractivity contribution in [3.63, 3.8) is 0 Å². The molecule has 0 saturated carbocycles. The highest BCUT2D eigenvalue weighted by molar-refractivity contribution is 6.08. The molecule has 0 aliphatic rings. The molecule has 20 heavy (non-hydrogen) atoms. The van der Waals surface area contributed by atoms with Crippen LogP contribution in [0.1, 0.15) is 12.5 Å². The third-order valence-corrected chi connectivity index (χ3v) is 2.69. The molecule has 2 aromatic heterocycles. The van der Waals surface area contributed by atoms with E-state index in [0.717, 1.165) is 0 Å². The Hall–Kier alpha value is -2.83. The highest BCUT2D eigenvalue weighted by Gasteiger charge is 2.12. The van der Waals surface area contributed by atoms with Crippen LogP contribution in [0.3, 0.4) is 0 Å². The summed E-state index contributed by atoms with van der Waals surface area (Å²) >= 11 is 0. The summed E-state index contributed by atoms with van der Waals surface area (Å²) in [6, 6.07) is 1.52. The molecule has 7 heteroatoms. The molecule has 0 saturated heterocycles. The zero-order chi connectivity index (χ0) is 14.7. The number of anilines is 1. The number of fused-ring (bicyclic) bond motifs is 1. The van der Waals surface area contributed by atoms with Crippen molar-refractivity contribution in [2.45, 2.75) is 6.92 Å². The zero-order valence-corrected chi connectivity index (χ0v) is 11.1. The molecule has 2 heterocycles. The second-order valence-electron chi connectivity index (χ2n) is 4.18. The fourth-order valence-electron chi connectivity index (χ4n) is 1.90. The highest BCUT2D eigenvalue weighted by atomic mass is 16.3. The van der Waals surface area contributed by atoms with Crippen molar-refractivity contribution in [3.8, 4) is 5.75 Å². The molecule has 0 aromatic carbocycles. The smallest absolute Gasteiger partial charge is 0.221 e. The maximum absolute atomic E-state index is 11.1. The maximum Gasteiger partial charge on any atom is 0.221 e. The van der Waals surface area contributed by atoms with Crippen molar-refractivity contribution < 1.29 is 9.90 Å². The first-order chi connectivity index (χ1) is 9.56. The third kappa shape index (κ3) is 2.46. The quantitative estimate of drug-likeness (QED) is 0.629. The van der Waals surface area contributed by atoms with Gasteiger partial charge in [-0.05, 0) is 6.07 Å². The van der Waals surface area contributed by atoms with Crippen LogP contribution in [0, 0.1) is 5.41 Å². The summed E-state index contributed by atoms with van der Waals surface area (Å²) in [6.07, 6.45) is 5.96. The normalized spacial score (nSPS) is 11.4. The summed E-state index contributed by atoms with van der Waals surface area (Å²) in [7, 11) is 1.73. The lowest BCUT2D eigenvalue weighted by Crippen LogP contribution is -2.05. The van der Waals surface area contributed by atoms with Gasteiger partial charge in [0.1, 0.15) is 11.3 Å². The fraction of sp³-hybridized carbons (Fsp3) is 0.154. The van der Waals surface area contributed by atoms with E-state index in [-0.39, 0.29) is 11.7 Å². The van der Waals surface area contributed by atoms with E-state index in [4.69, 9.17) is 5.41 Å². The predicted molar refractivity (Wildman–Crippen MR) is 77.0 cm³/mol. The average Bonchev–Trinajstić information content (AvgIpc) is 2.78. The van der Waals surface area contributed by atoms with E-state index in [1.807, 2.05) is 0 Å². The minimum Gasteiger partial charge on any atom is -0.506 e. The second-order valence-corrected chi connectivity index (χ2v) is 4.18.